The fourth-order valence-electron chi connectivity index (χ4n) is 0.573. The Bertz CT molecular complexity index is 98.3. The molecule has 1 aliphatic heterocycles. The van der Waals surface area contributed by atoms with Crippen LogP contribution in [0.15, 0.2) is 11.2 Å². The van der Waals surface area contributed by atoms with Gasteiger partial charge >= 0.3 is 0 Å². The number of halogens is 1. The van der Waals surface area contributed by atoms with Crippen LogP contribution in [0.3, 0.4) is 0 Å². The van der Waals surface area contributed by atoms with Gasteiger partial charge in [0, 0.05) is 23.7 Å². The normalized spacial score (nSPS) is 29.4. The molecule has 0 radical (unpaired) electrons. The molecular formula is C5H8ClN. The Kier molecular flexibility index (Phi) is 1.24. The molecule has 0 aromatic heterocycles. The van der Waals surface area contributed by atoms with Crippen molar-refractivity contribution in [2.24, 2.45) is 5.92 Å². The maximum atomic E-state index is 5.66. The lowest BCUT2D eigenvalue weighted by Gasteiger charge is -1.95. The minimum Gasteiger partial charge on any atom is -0.389 e. The van der Waals surface area contributed by atoms with Crippen LogP contribution in [0.4, 0.5) is 0 Å². The van der Waals surface area contributed by atoms with Gasteiger partial charge in [-0.1, -0.05) is 18.5 Å². The van der Waals surface area contributed by atoms with Gasteiger partial charge in [-0.25, -0.2) is 0 Å². The van der Waals surface area contributed by atoms with Crippen molar-refractivity contribution < 1.29 is 0 Å². The number of nitrogens with one attached hydrogen (secondary N) is 1. The summed E-state index contributed by atoms with van der Waals surface area (Å²) in [4.78, 5) is 0. The van der Waals surface area contributed by atoms with Gasteiger partial charge in [0.2, 0.25) is 0 Å². The molecule has 0 aromatic carbocycles. The van der Waals surface area contributed by atoms with E-state index in [9.17, 15) is 0 Å². The highest BCUT2D eigenvalue weighted by Gasteiger charge is 2.09. The van der Waals surface area contributed by atoms with Crippen LogP contribution in [0, 0.1) is 5.92 Å². The predicted molar refractivity (Wildman–Crippen MR) is 31.1 cm³/mol. The van der Waals surface area contributed by atoms with Crippen molar-refractivity contribution in [2.75, 3.05) is 6.54 Å². The molecule has 0 spiro atoms. The van der Waals surface area contributed by atoms with Crippen LogP contribution in [0.2, 0.25) is 0 Å². The summed E-state index contributed by atoms with van der Waals surface area (Å²) in [7, 11) is 0. The molecule has 1 N–H and O–H groups in total. The van der Waals surface area contributed by atoms with Crippen LogP contribution in [0.1, 0.15) is 6.92 Å². The van der Waals surface area contributed by atoms with Crippen molar-refractivity contribution in [1.82, 2.24) is 5.32 Å². The molecule has 1 nitrogen and oxygen atoms in total. The first-order chi connectivity index (χ1) is 3.30. The zero-order chi connectivity index (χ0) is 5.28. The highest BCUT2D eigenvalue weighted by molar-refractivity contribution is 6.30. The molecule has 40 valence electrons. The van der Waals surface area contributed by atoms with E-state index in [0.29, 0.717) is 5.92 Å². The van der Waals surface area contributed by atoms with Crippen LogP contribution in [-0.2, 0) is 0 Å². The van der Waals surface area contributed by atoms with Crippen LogP contribution in [0.25, 0.3) is 0 Å². The Morgan fingerprint density at radius 1 is 2.00 bits per heavy atom. The highest BCUT2D eigenvalue weighted by Crippen LogP contribution is 2.16. The fourth-order valence-corrected chi connectivity index (χ4v) is 0.727. The van der Waals surface area contributed by atoms with E-state index in [1.165, 1.54) is 0 Å². The zero-order valence-electron chi connectivity index (χ0n) is 4.24. The molecular weight excluding hydrogens is 110 g/mol. The molecule has 1 atom stereocenters. The quantitative estimate of drug-likeness (QED) is 0.505. The summed E-state index contributed by atoms with van der Waals surface area (Å²) in [6.45, 7) is 3.09. The summed E-state index contributed by atoms with van der Waals surface area (Å²) < 4.78 is 0. The average Bonchev–Trinajstić information content (AvgIpc) is 1.91. The Balaban J connectivity index is 2.54. The van der Waals surface area contributed by atoms with Crippen molar-refractivity contribution in [3.8, 4) is 0 Å². The van der Waals surface area contributed by atoms with Gasteiger partial charge in [-0.2, -0.15) is 0 Å². The van der Waals surface area contributed by atoms with Crippen LogP contribution in [0.5, 0.6) is 0 Å². The third kappa shape index (κ3) is 0.885. The zero-order valence-corrected chi connectivity index (χ0v) is 5.00. The number of rotatable bonds is 0. The summed E-state index contributed by atoms with van der Waals surface area (Å²) in [5, 5.41) is 3.97. The van der Waals surface area contributed by atoms with Crippen LogP contribution < -0.4 is 5.32 Å². The fraction of sp³-hybridized carbons (Fsp3) is 0.600. The van der Waals surface area contributed by atoms with E-state index in [0.717, 1.165) is 11.6 Å². The van der Waals surface area contributed by atoms with E-state index < -0.39 is 0 Å². The van der Waals surface area contributed by atoms with E-state index >= 15 is 0 Å². The summed E-state index contributed by atoms with van der Waals surface area (Å²) in [5.41, 5.74) is 0. The second-order valence-electron chi connectivity index (χ2n) is 1.84. The Hall–Kier alpha value is -0.170. The lowest BCUT2D eigenvalue weighted by molar-refractivity contribution is 0.716. The van der Waals surface area contributed by atoms with Crippen molar-refractivity contribution in [2.45, 2.75) is 6.92 Å². The Morgan fingerprint density at radius 3 is 2.86 bits per heavy atom. The summed E-state index contributed by atoms with van der Waals surface area (Å²) in [6.07, 6.45) is 1.85. The lowest BCUT2D eigenvalue weighted by Crippen LogP contribution is -2.05. The minimum atomic E-state index is 0.529. The molecule has 0 aliphatic carbocycles. The third-order valence-electron chi connectivity index (χ3n) is 1.13. The molecule has 1 aliphatic rings. The van der Waals surface area contributed by atoms with Crippen molar-refractivity contribution >= 4 is 11.6 Å². The molecule has 0 unspecified atom stereocenters. The molecule has 0 fully saturated rings. The number of hydrogen-bond acceptors (Lipinski definition) is 1. The number of hydrogen-bond donors (Lipinski definition) is 1. The van der Waals surface area contributed by atoms with E-state index in [2.05, 4.69) is 12.2 Å². The van der Waals surface area contributed by atoms with Gasteiger partial charge in [-0.15, -0.1) is 0 Å². The molecule has 0 aromatic rings. The molecule has 0 amide bonds. The van der Waals surface area contributed by atoms with E-state index in [1.807, 2.05) is 6.20 Å². The van der Waals surface area contributed by atoms with E-state index in [4.69, 9.17) is 11.6 Å². The summed E-state index contributed by atoms with van der Waals surface area (Å²) >= 11 is 5.66. The van der Waals surface area contributed by atoms with Gasteiger partial charge in [-0.05, 0) is 0 Å². The maximum Gasteiger partial charge on any atom is 0.0383 e. The first-order valence-corrected chi connectivity index (χ1v) is 2.77. The molecule has 0 saturated heterocycles. The molecule has 0 saturated carbocycles. The lowest BCUT2D eigenvalue weighted by atomic mass is 10.2. The van der Waals surface area contributed by atoms with Gasteiger partial charge in [0.1, 0.15) is 0 Å². The first kappa shape index (κ1) is 4.98. The third-order valence-corrected chi connectivity index (χ3v) is 1.62. The molecule has 1 rings (SSSR count). The second-order valence-corrected chi connectivity index (χ2v) is 2.27. The monoisotopic (exact) mass is 117 g/mol. The highest BCUT2D eigenvalue weighted by atomic mass is 35.5. The summed E-state index contributed by atoms with van der Waals surface area (Å²) in [5.74, 6) is 0.529. The topological polar surface area (TPSA) is 12.0 Å². The molecule has 1 heterocycles. The van der Waals surface area contributed by atoms with Gasteiger partial charge in [0.05, 0.1) is 0 Å². The Morgan fingerprint density at radius 2 is 2.71 bits per heavy atom. The summed E-state index contributed by atoms with van der Waals surface area (Å²) in [6, 6.07) is 0. The van der Waals surface area contributed by atoms with Crippen LogP contribution in [-0.4, -0.2) is 6.54 Å². The van der Waals surface area contributed by atoms with E-state index in [1.54, 1.807) is 0 Å². The largest absolute Gasteiger partial charge is 0.389 e. The van der Waals surface area contributed by atoms with Crippen molar-refractivity contribution in [3.63, 3.8) is 0 Å². The van der Waals surface area contributed by atoms with Crippen LogP contribution >= 0.6 is 11.6 Å². The predicted octanol–water partition coefficient (Wildman–Crippen LogP) is 1.31. The minimum absolute atomic E-state index is 0.529. The van der Waals surface area contributed by atoms with Gasteiger partial charge in [-0.3, -0.25) is 0 Å². The second kappa shape index (κ2) is 1.74. The molecule has 2 heteroatoms. The maximum absolute atomic E-state index is 5.66. The molecule has 7 heavy (non-hydrogen) atoms. The van der Waals surface area contributed by atoms with Crippen molar-refractivity contribution in [1.29, 1.82) is 0 Å². The van der Waals surface area contributed by atoms with Crippen molar-refractivity contribution in [3.05, 3.63) is 11.2 Å². The van der Waals surface area contributed by atoms with Gasteiger partial charge in [0.15, 0.2) is 0 Å². The average molecular weight is 118 g/mol. The molecule has 0 bridgehead atoms. The van der Waals surface area contributed by atoms with E-state index in [-0.39, 0.29) is 0 Å². The Labute approximate surface area is 48.4 Å². The standard InChI is InChI=1S/C5H8ClN/c1-4-2-7-3-5(4)6/h3-4,7H,2H2,1H3/t4-/m0/s1. The van der Waals surface area contributed by atoms with Gasteiger partial charge in [0.25, 0.3) is 0 Å². The van der Waals surface area contributed by atoms with Gasteiger partial charge < -0.3 is 5.32 Å². The first-order valence-electron chi connectivity index (χ1n) is 2.39. The smallest absolute Gasteiger partial charge is 0.0383 e. The SMILES string of the molecule is C[C@H]1CNC=C1Cl.